The highest BCUT2D eigenvalue weighted by Gasteiger charge is 2.82. The molecule has 1 saturated carbocycles. The summed E-state index contributed by atoms with van der Waals surface area (Å²) in [5, 5.41) is 1.62. The molecule has 0 unspecified atom stereocenters. The lowest BCUT2D eigenvalue weighted by molar-refractivity contribution is -0.193. The van der Waals surface area contributed by atoms with Gasteiger partial charge in [0.25, 0.3) is 11.8 Å². The third-order valence-electron chi connectivity index (χ3n) is 6.88. The van der Waals surface area contributed by atoms with E-state index in [-0.39, 0.29) is 23.7 Å². The van der Waals surface area contributed by atoms with Gasteiger partial charge in [-0.05, 0) is 18.8 Å². The van der Waals surface area contributed by atoms with Crippen molar-refractivity contribution < 1.29 is 19.2 Å². The van der Waals surface area contributed by atoms with Crippen LogP contribution in [0.4, 0.5) is 0 Å². The normalized spacial score (nSPS) is 49.8. The fourth-order valence-electron chi connectivity index (χ4n) is 5.77. The Hall–Kier alpha value is -0.0400. The van der Waals surface area contributed by atoms with Crippen LogP contribution in [0.15, 0.2) is 10.1 Å². The summed E-state index contributed by atoms with van der Waals surface area (Å²) < 4.78 is 6.11. The Kier molecular flexibility index (Phi) is 4.05. The SMILES string of the molecule is CC(C)CCON1C(=O)[C@@H]2[C@H]3O[C@H]([C@H]2C1=O)[C@@H]1[C@@H]3[C@]2(Cl)C[C@]1(Cl)C(Cl)=C2Cl. The van der Waals surface area contributed by atoms with E-state index in [4.69, 9.17) is 56.0 Å². The molecule has 5 nitrogen and oxygen atoms in total. The third-order valence-corrected chi connectivity index (χ3v) is 9.38. The second-order valence-electron chi connectivity index (χ2n) is 8.68. The van der Waals surface area contributed by atoms with Crippen molar-refractivity contribution in [3.63, 3.8) is 0 Å². The minimum Gasteiger partial charge on any atom is -0.373 e. The Morgan fingerprint density at radius 1 is 1.07 bits per heavy atom. The number of hydrogen-bond donors (Lipinski definition) is 0. The van der Waals surface area contributed by atoms with Crippen LogP contribution in [0, 0.1) is 29.6 Å². The fourth-order valence-corrected chi connectivity index (χ4v) is 7.79. The van der Waals surface area contributed by atoms with Crippen LogP contribution >= 0.6 is 46.4 Å². The molecule has 9 heteroatoms. The monoisotopic (exact) mass is 453 g/mol. The van der Waals surface area contributed by atoms with Gasteiger partial charge in [0.05, 0.1) is 50.5 Å². The lowest BCUT2D eigenvalue weighted by Crippen LogP contribution is -2.50. The molecule has 2 amide bonds. The summed E-state index contributed by atoms with van der Waals surface area (Å²) in [6.45, 7) is 4.42. The number of alkyl halides is 2. The summed E-state index contributed by atoms with van der Waals surface area (Å²) in [4.78, 5) is 29.5. The Labute approximate surface area is 177 Å². The first kappa shape index (κ1) is 19.0. The first-order valence-electron chi connectivity index (χ1n) is 9.23. The molecule has 5 aliphatic rings. The molecule has 0 radical (unpaired) electrons. The number of carbonyl (C=O) groups is 2. The van der Waals surface area contributed by atoms with Crippen LogP contribution in [0.1, 0.15) is 26.7 Å². The van der Waals surface area contributed by atoms with E-state index in [0.29, 0.717) is 29.0 Å². The zero-order valence-corrected chi connectivity index (χ0v) is 17.8. The molecular weight excluding hydrogens is 436 g/mol. The molecule has 2 aliphatic carbocycles. The van der Waals surface area contributed by atoms with Crippen molar-refractivity contribution in [3.05, 3.63) is 10.1 Å². The highest BCUT2D eigenvalue weighted by Crippen LogP contribution is 2.75. The molecule has 0 aromatic heterocycles. The number of hydrogen-bond acceptors (Lipinski definition) is 4. The van der Waals surface area contributed by atoms with Crippen molar-refractivity contribution in [3.8, 4) is 0 Å². The van der Waals surface area contributed by atoms with Crippen LogP contribution in [-0.2, 0) is 19.2 Å². The second kappa shape index (κ2) is 5.77. The van der Waals surface area contributed by atoms with Gasteiger partial charge in [0.15, 0.2) is 0 Å². The van der Waals surface area contributed by atoms with E-state index < -0.39 is 33.8 Å². The number of hydroxylamine groups is 2. The molecule has 0 spiro atoms. The van der Waals surface area contributed by atoms with Gasteiger partial charge in [-0.3, -0.25) is 14.4 Å². The predicted molar refractivity (Wildman–Crippen MR) is 100 cm³/mol. The molecular formula is C18H19Cl4NO4. The lowest BCUT2D eigenvalue weighted by atomic mass is 9.65. The summed E-state index contributed by atoms with van der Waals surface area (Å²) >= 11 is 26.6. The van der Waals surface area contributed by atoms with Gasteiger partial charge in [-0.2, -0.15) is 5.06 Å². The van der Waals surface area contributed by atoms with Crippen LogP contribution in [0.3, 0.4) is 0 Å². The number of ether oxygens (including phenoxy) is 1. The first-order chi connectivity index (χ1) is 12.6. The molecule has 3 aliphatic heterocycles. The number of amides is 2. The fraction of sp³-hybridized carbons (Fsp3) is 0.778. The molecule has 4 bridgehead atoms. The summed E-state index contributed by atoms with van der Waals surface area (Å²) in [5.74, 6) is -1.97. The van der Waals surface area contributed by atoms with E-state index in [2.05, 4.69) is 13.8 Å². The zero-order valence-electron chi connectivity index (χ0n) is 14.8. The average molecular weight is 455 g/mol. The van der Waals surface area contributed by atoms with Crippen LogP contribution in [0.25, 0.3) is 0 Å². The van der Waals surface area contributed by atoms with Crippen molar-refractivity contribution in [1.82, 2.24) is 5.06 Å². The van der Waals surface area contributed by atoms with Gasteiger partial charge in [-0.1, -0.05) is 37.0 Å². The maximum atomic E-state index is 12.9. The maximum Gasteiger partial charge on any atom is 0.260 e. The van der Waals surface area contributed by atoms with Gasteiger partial charge < -0.3 is 4.74 Å². The minimum absolute atomic E-state index is 0.245. The van der Waals surface area contributed by atoms with Crippen molar-refractivity contribution in [2.24, 2.45) is 29.6 Å². The van der Waals surface area contributed by atoms with Gasteiger partial charge in [-0.15, -0.1) is 23.2 Å². The molecule has 3 heterocycles. The minimum atomic E-state index is -0.940. The zero-order chi connectivity index (χ0) is 19.5. The summed E-state index contributed by atoms with van der Waals surface area (Å²) in [7, 11) is 0. The molecule has 3 saturated heterocycles. The Balaban J connectivity index is 1.46. The molecule has 0 aromatic rings. The van der Waals surface area contributed by atoms with Gasteiger partial charge in [0, 0.05) is 11.8 Å². The first-order valence-corrected chi connectivity index (χ1v) is 10.7. The van der Waals surface area contributed by atoms with Crippen LogP contribution in [0.2, 0.25) is 0 Å². The average Bonchev–Trinajstić information content (AvgIpc) is 3.32. The number of allylic oxidation sites excluding steroid dienone is 2. The van der Waals surface area contributed by atoms with Gasteiger partial charge in [-0.25, -0.2) is 0 Å². The predicted octanol–water partition coefficient (Wildman–Crippen LogP) is 3.64. The summed E-state index contributed by atoms with van der Waals surface area (Å²) in [6.07, 6.45) is 0.141. The van der Waals surface area contributed by atoms with E-state index in [0.717, 1.165) is 11.5 Å². The molecule has 27 heavy (non-hydrogen) atoms. The van der Waals surface area contributed by atoms with E-state index >= 15 is 0 Å². The molecule has 8 atom stereocenters. The maximum absolute atomic E-state index is 12.9. The third kappa shape index (κ3) is 2.11. The number of fused-ring (bicyclic) bond motifs is 12. The van der Waals surface area contributed by atoms with Gasteiger partial charge >= 0.3 is 0 Å². The number of carbonyl (C=O) groups excluding carboxylic acids is 2. The quantitative estimate of drug-likeness (QED) is 0.480. The highest BCUT2D eigenvalue weighted by molar-refractivity contribution is 6.51. The number of halogens is 4. The largest absolute Gasteiger partial charge is 0.373 e. The Bertz CT molecular complexity index is 733. The van der Waals surface area contributed by atoms with Crippen molar-refractivity contribution in [2.45, 2.75) is 48.6 Å². The van der Waals surface area contributed by atoms with E-state index in [1.807, 2.05) is 0 Å². The lowest BCUT2D eigenvalue weighted by Gasteiger charge is -2.40. The summed E-state index contributed by atoms with van der Waals surface area (Å²) in [6, 6.07) is 0. The standard InChI is InChI=1S/C18H19Cl4NO4/c1-6(2)3-4-26-23-15(24)7-8(16(23)25)12-10-9(11(7)27-12)17(21)5-18(10,22)14(20)13(17)19/h6-12H,3-5H2,1-2H3/t7-,8-,9-,10-,11+,12+,17+,18+/m0/s1. The van der Waals surface area contributed by atoms with E-state index in [1.54, 1.807) is 0 Å². The smallest absolute Gasteiger partial charge is 0.260 e. The van der Waals surface area contributed by atoms with Crippen LogP contribution < -0.4 is 0 Å². The highest BCUT2D eigenvalue weighted by atomic mass is 35.5. The molecule has 148 valence electrons. The number of nitrogens with zero attached hydrogens (tertiary/aromatic N) is 1. The van der Waals surface area contributed by atoms with Crippen molar-refractivity contribution >= 4 is 58.2 Å². The topological polar surface area (TPSA) is 55.8 Å². The van der Waals surface area contributed by atoms with Crippen LogP contribution in [-0.4, -0.2) is 45.4 Å². The summed E-state index contributed by atoms with van der Waals surface area (Å²) in [5.41, 5.74) is 0. The van der Waals surface area contributed by atoms with E-state index in [1.165, 1.54) is 0 Å². The Morgan fingerprint density at radius 3 is 2.00 bits per heavy atom. The van der Waals surface area contributed by atoms with Gasteiger partial charge in [0.1, 0.15) is 0 Å². The number of rotatable bonds is 4. The van der Waals surface area contributed by atoms with Crippen LogP contribution in [0.5, 0.6) is 0 Å². The molecule has 0 aromatic carbocycles. The molecule has 5 rings (SSSR count). The Morgan fingerprint density at radius 2 is 1.56 bits per heavy atom. The van der Waals surface area contributed by atoms with Crippen molar-refractivity contribution in [1.29, 1.82) is 0 Å². The van der Waals surface area contributed by atoms with Crippen molar-refractivity contribution in [2.75, 3.05) is 6.61 Å². The second-order valence-corrected chi connectivity index (χ2v) is 10.8. The molecule has 0 N–H and O–H groups in total. The van der Waals surface area contributed by atoms with E-state index in [9.17, 15) is 9.59 Å². The number of imide groups is 1. The molecule has 4 fully saturated rings. The van der Waals surface area contributed by atoms with Gasteiger partial charge in [0.2, 0.25) is 0 Å².